The van der Waals surface area contributed by atoms with Crippen molar-refractivity contribution in [3.05, 3.63) is 59.5 Å². The maximum absolute atomic E-state index is 14.4. The monoisotopic (exact) mass is 676 g/mol. The minimum Gasteiger partial charge on any atom is -0.497 e. The lowest BCUT2D eigenvalue weighted by molar-refractivity contribution is -0.177. The molecule has 12 nitrogen and oxygen atoms in total. The number of nitrogens with zero attached hydrogens (tertiary/aromatic N) is 4. The van der Waals surface area contributed by atoms with Crippen LogP contribution in [0, 0.1) is 0 Å². The third-order valence-corrected chi connectivity index (χ3v) is 11.0. The number of anilines is 1. The predicted octanol–water partition coefficient (Wildman–Crippen LogP) is 3.15. The van der Waals surface area contributed by atoms with Crippen LogP contribution in [0.3, 0.4) is 0 Å². The number of carbonyl (C=O) groups is 2. The maximum Gasteiger partial charge on any atom is 0.339 e. The molecule has 2 aromatic rings. The highest BCUT2D eigenvalue weighted by Crippen LogP contribution is 2.55. The molecular formula is C37H48N4O8. The second-order valence-electron chi connectivity index (χ2n) is 14.7. The van der Waals surface area contributed by atoms with Crippen molar-refractivity contribution in [2.75, 3.05) is 58.1 Å². The Kier molecular flexibility index (Phi) is 8.99. The predicted molar refractivity (Wildman–Crippen MR) is 180 cm³/mol. The molecule has 0 saturated carbocycles. The van der Waals surface area contributed by atoms with Crippen LogP contribution in [0.4, 0.5) is 5.82 Å². The van der Waals surface area contributed by atoms with Crippen LogP contribution in [0.25, 0.3) is 0 Å². The van der Waals surface area contributed by atoms with Crippen LogP contribution in [0.1, 0.15) is 69.4 Å². The highest BCUT2D eigenvalue weighted by molar-refractivity contribution is 5.88. The third-order valence-electron chi connectivity index (χ3n) is 11.0. The molecule has 0 bridgehead atoms. The Morgan fingerprint density at radius 2 is 1.82 bits per heavy atom. The summed E-state index contributed by atoms with van der Waals surface area (Å²) in [6, 6.07) is 9.80. The van der Waals surface area contributed by atoms with Crippen LogP contribution in [-0.4, -0.2) is 113 Å². The molecule has 1 aromatic carbocycles. The highest BCUT2D eigenvalue weighted by atomic mass is 16.7. The zero-order chi connectivity index (χ0) is 34.4. The van der Waals surface area contributed by atoms with Crippen LogP contribution in [0.5, 0.6) is 11.5 Å². The summed E-state index contributed by atoms with van der Waals surface area (Å²) in [5.74, 6) is 1.27. The third kappa shape index (κ3) is 6.46. The van der Waals surface area contributed by atoms with Gasteiger partial charge in [0.25, 0.3) is 0 Å². The van der Waals surface area contributed by atoms with Gasteiger partial charge in [-0.2, -0.15) is 0 Å². The number of carbonyl (C=O) groups excluding carboxylic acids is 2. The number of benzene rings is 1. The van der Waals surface area contributed by atoms with Crippen molar-refractivity contribution < 1.29 is 38.7 Å². The van der Waals surface area contributed by atoms with E-state index >= 15 is 0 Å². The lowest BCUT2D eigenvalue weighted by Gasteiger charge is -2.40. The lowest BCUT2D eigenvalue weighted by Crippen LogP contribution is -2.53. The van der Waals surface area contributed by atoms with Crippen LogP contribution < -0.4 is 14.4 Å². The van der Waals surface area contributed by atoms with Gasteiger partial charge in [-0.05, 0) is 100 Å². The van der Waals surface area contributed by atoms with E-state index in [1.807, 2.05) is 30.3 Å². The number of amides is 1. The van der Waals surface area contributed by atoms with Crippen molar-refractivity contribution in [1.82, 2.24) is 14.8 Å². The quantitative estimate of drug-likeness (QED) is 0.360. The summed E-state index contributed by atoms with van der Waals surface area (Å²) in [6.45, 7) is 7.34. The van der Waals surface area contributed by atoms with Crippen molar-refractivity contribution >= 4 is 17.7 Å². The number of methoxy groups -OCH3 is 1. The Morgan fingerprint density at radius 1 is 1.04 bits per heavy atom. The number of aromatic nitrogens is 1. The van der Waals surface area contributed by atoms with Gasteiger partial charge in [0.2, 0.25) is 12.7 Å². The van der Waals surface area contributed by atoms with Crippen LogP contribution >= 0.6 is 0 Å². The summed E-state index contributed by atoms with van der Waals surface area (Å²) in [5, 5.41) is 22.6. The summed E-state index contributed by atoms with van der Waals surface area (Å²) in [5.41, 5.74) is -1.41. The lowest BCUT2D eigenvalue weighted by atomic mass is 9.77. The zero-order valence-corrected chi connectivity index (χ0v) is 28.7. The van der Waals surface area contributed by atoms with Gasteiger partial charge in [0.1, 0.15) is 11.6 Å². The highest BCUT2D eigenvalue weighted by Gasteiger charge is 2.59. The molecule has 2 saturated heterocycles. The molecule has 1 aliphatic carbocycles. The molecule has 5 aliphatic rings. The van der Waals surface area contributed by atoms with E-state index in [-0.39, 0.29) is 25.0 Å². The van der Waals surface area contributed by atoms with Gasteiger partial charge >= 0.3 is 5.97 Å². The second-order valence-corrected chi connectivity index (χ2v) is 14.7. The topological polar surface area (TPSA) is 134 Å². The molecule has 1 spiro atoms. The molecule has 0 unspecified atom stereocenters. The van der Waals surface area contributed by atoms with E-state index in [0.717, 1.165) is 49.3 Å². The molecule has 7 rings (SSSR count). The van der Waals surface area contributed by atoms with E-state index < -0.39 is 35.2 Å². The molecule has 4 aliphatic heterocycles. The summed E-state index contributed by atoms with van der Waals surface area (Å²) >= 11 is 0. The van der Waals surface area contributed by atoms with E-state index in [0.29, 0.717) is 56.3 Å². The van der Waals surface area contributed by atoms with Gasteiger partial charge in [0.05, 0.1) is 30.6 Å². The van der Waals surface area contributed by atoms with Crippen molar-refractivity contribution in [2.24, 2.45) is 0 Å². The largest absolute Gasteiger partial charge is 0.497 e. The number of pyridine rings is 1. The minimum absolute atomic E-state index is 0.0363. The number of hydrogen-bond acceptors (Lipinski definition) is 11. The SMILES string of the molecule is COC1=C[C@]23CCCN2CCc2cc4c(cc2[C@@H]3[C@@H]1OC(=O)[C@@](O)(CCCC(C)(C)O)CC(=O)N1CCN(c2ccccn2)CC1)OCO4. The Balaban J connectivity index is 1.15. The fourth-order valence-corrected chi connectivity index (χ4v) is 8.48. The normalized spacial score (nSPS) is 25.9. The van der Waals surface area contributed by atoms with Gasteiger partial charge in [-0.25, -0.2) is 9.78 Å². The molecule has 2 fully saturated rings. The first kappa shape index (κ1) is 33.6. The number of esters is 1. The Morgan fingerprint density at radius 3 is 2.53 bits per heavy atom. The van der Waals surface area contributed by atoms with Gasteiger partial charge in [0.15, 0.2) is 23.2 Å². The fraction of sp³-hybridized carbons (Fsp3) is 0.595. The van der Waals surface area contributed by atoms with Gasteiger partial charge in [0, 0.05) is 38.9 Å². The van der Waals surface area contributed by atoms with E-state index in [1.165, 1.54) is 0 Å². The Hall–Kier alpha value is -3.87. The molecule has 5 heterocycles. The molecule has 264 valence electrons. The molecule has 0 radical (unpaired) electrons. The van der Waals surface area contributed by atoms with Crippen molar-refractivity contribution in [3.63, 3.8) is 0 Å². The summed E-state index contributed by atoms with van der Waals surface area (Å²) < 4.78 is 23.8. The zero-order valence-electron chi connectivity index (χ0n) is 28.7. The first-order valence-electron chi connectivity index (χ1n) is 17.5. The smallest absolute Gasteiger partial charge is 0.339 e. The molecule has 4 atom stereocenters. The van der Waals surface area contributed by atoms with Gasteiger partial charge < -0.3 is 39.0 Å². The van der Waals surface area contributed by atoms with Gasteiger partial charge in [-0.1, -0.05) is 6.07 Å². The summed E-state index contributed by atoms with van der Waals surface area (Å²) in [6.07, 6.45) is 5.91. The van der Waals surface area contributed by atoms with Crippen LogP contribution in [0.15, 0.2) is 48.4 Å². The molecule has 12 heteroatoms. The number of rotatable bonds is 10. The Labute approximate surface area is 287 Å². The molecule has 49 heavy (non-hydrogen) atoms. The van der Waals surface area contributed by atoms with Crippen LogP contribution in [-0.2, 0) is 25.5 Å². The fourth-order valence-electron chi connectivity index (χ4n) is 8.48. The number of hydrogen-bond donors (Lipinski definition) is 2. The van der Waals surface area contributed by atoms with Gasteiger partial charge in [-0.3, -0.25) is 9.69 Å². The van der Waals surface area contributed by atoms with Crippen molar-refractivity contribution in [1.29, 1.82) is 0 Å². The van der Waals surface area contributed by atoms with Crippen molar-refractivity contribution in [2.45, 2.75) is 87.6 Å². The van der Waals surface area contributed by atoms with E-state index in [4.69, 9.17) is 18.9 Å². The van der Waals surface area contributed by atoms with E-state index in [1.54, 1.807) is 32.1 Å². The molecule has 1 aromatic heterocycles. The molecular weight excluding hydrogens is 628 g/mol. The van der Waals surface area contributed by atoms with Crippen LogP contribution in [0.2, 0.25) is 0 Å². The van der Waals surface area contributed by atoms with E-state index in [2.05, 4.69) is 20.9 Å². The average Bonchev–Trinajstić information content (AvgIpc) is 3.78. The maximum atomic E-state index is 14.4. The van der Waals surface area contributed by atoms with Crippen molar-refractivity contribution in [3.8, 4) is 11.5 Å². The van der Waals surface area contributed by atoms with E-state index in [9.17, 15) is 19.8 Å². The number of fused-ring (bicyclic) bond motifs is 3. The molecule has 1 amide bonds. The first-order chi connectivity index (χ1) is 23.5. The number of piperazine rings is 1. The average molecular weight is 677 g/mol. The standard InChI is InChI=1S/C37H48N4O8/c1-35(2,44)10-6-12-37(45,23-31(42)40-18-16-39(17-19-40)30-8-4-5-13-38-30)34(43)49-33-29(46-3)22-36-11-7-14-41(36)15-9-25-20-27-28(48-24-47-27)21-26(25)32(33)36/h4-5,8,13,20-22,32-33,44-45H,6-7,9-12,14-19,23-24H2,1-3H3/t32-,33-,36+,37-/m1/s1. The number of aliphatic hydroxyl groups is 2. The number of ether oxygens (including phenoxy) is 4. The Bertz CT molecular complexity index is 1590. The first-order valence-corrected chi connectivity index (χ1v) is 17.5. The van der Waals surface area contributed by atoms with Gasteiger partial charge in [-0.15, -0.1) is 0 Å². The molecule has 2 N–H and O–H groups in total. The summed E-state index contributed by atoms with van der Waals surface area (Å²) in [4.78, 5) is 38.9. The summed E-state index contributed by atoms with van der Waals surface area (Å²) in [7, 11) is 1.58. The minimum atomic E-state index is -2.10. The second kappa shape index (κ2) is 13.1.